The van der Waals surface area contributed by atoms with Crippen molar-refractivity contribution in [2.24, 2.45) is 5.73 Å². The summed E-state index contributed by atoms with van der Waals surface area (Å²) < 4.78 is 0. The highest BCUT2D eigenvalue weighted by Gasteiger charge is 2.34. The number of hydrogen-bond acceptors (Lipinski definition) is 3. The van der Waals surface area contributed by atoms with Crippen molar-refractivity contribution in [3.63, 3.8) is 0 Å². The summed E-state index contributed by atoms with van der Waals surface area (Å²) in [5.41, 5.74) is 8.90. The first-order valence-corrected chi connectivity index (χ1v) is 7.43. The molecule has 3 N–H and O–H groups in total. The maximum absolute atomic E-state index is 9.38. The molecule has 2 atom stereocenters. The number of rotatable bonds is 6. The molecular weight excluding hydrogens is 236 g/mol. The van der Waals surface area contributed by atoms with Gasteiger partial charge in [-0.15, -0.1) is 0 Å². The van der Waals surface area contributed by atoms with E-state index >= 15 is 0 Å². The Labute approximate surface area is 116 Å². The molecule has 0 aliphatic heterocycles. The number of benzene rings is 1. The van der Waals surface area contributed by atoms with Crippen LogP contribution >= 0.6 is 0 Å². The van der Waals surface area contributed by atoms with Crippen LogP contribution < -0.4 is 5.73 Å². The minimum absolute atomic E-state index is 0.136. The van der Waals surface area contributed by atoms with Gasteiger partial charge >= 0.3 is 0 Å². The molecule has 0 saturated carbocycles. The van der Waals surface area contributed by atoms with Gasteiger partial charge in [-0.05, 0) is 30.4 Å². The van der Waals surface area contributed by atoms with Gasteiger partial charge in [0.1, 0.15) is 0 Å². The average Bonchev–Trinajstić information content (AvgIpc) is 2.77. The van der Waals surface area contributed by atoms with Crippen molar-refractivity contribution in [1.82, 2.24) is 4.90 Å². The van der Waals surface area contributed by atoms with Crippen molar-refractivity contribution >= 4 is 0 Å². The summed E-state index contributed by atoms with van der Waals surface area (Å²) in [5.74, 6) is 0. The first kappa shape index (κ1) is 14.5. The number of fused-ring (bicyclic) bond motifs is 1. The van der Waals surface area contributed by atoms with Crippen molar-refractivity contribution in [3.05, 3.63) is 35.4 Å². The Bertz CT molecular complexity index is 403. The van der Waals surface area contributed by atoms with Crippen molar-refractivity contribution in [2.45, 2.75) is 51.2 Å². The molecule has 0 saturated heterocycles. The van der Waals surface area contributed by atoms with Gasteiger partial charge in [0.25, 0.3) is 0 Å². The Morgan fingerprint density at radius 3 is 2.47 bits per heavy atom. The predicted octanol–water partition coefficient (Wildman–Crippen LogP) is 2.61. The first-order valence-electron chi connectivity index (χ1n) is 7.43. The summed E-state index contributed by atoms with van der Waals surface area (Å²) in [6.45, 7) is 5.39. The molecule has 0 fully saturated rings. The van der Waals surface area contributed by atoms with Crippen LogP contribution in [-0.2, 0) is 0 Å². The van der Waals surface area contributed by atoms with Crippen LogP contribution in [0.2, 0.25) is 0 Å². The third-order valence-electron chi connectivity index (χ3n) is 4.40. The highest BCUT2D eigenvalue weighted by molar-refractivity contribution is 5.37. The molecule has 19 heavy (non-hydrogen) atoms. The second-order valence-electron chi connectivity index (χ2n) is 5.42. The van der Waals surface area contributed by atoms with Gasteiger partial charge in [0.2, 0.25) is 0 Å². The average molecular weight is 262 g/mol. The molecule has 0 bridgehead atoms. The van der Waals surface area contributed by atoms with E-state index in [-0.39, 0.29) is 12.6 Å². The molecule has 1 aliphatic rings. The number of hydrogen-bond donors (Lipinski definition) is 2. The lowest BCUT2D eigenvalue weighted by Gasteiger charge is -2.35. The van der Waals surface area contributed by atoms with Crippen molar-refractivity contribution in [2.75, 3.05) is 13.2 Å². The van der Waals surface area contributed by atoms with Gasteiger partial charge in [0.15, 0.2) is 0 Å². The molecule has 0 radical (unpaired) electrons. The second kappa shape index (κ2) is 6.51. The van der Waals surface area contributed by atoms with Crippen LogP contribution in [0, 0.1) is 0 Å². The second-order valence-corrected chi connectivity index (χ2v) is 5.42. The third kappa shape index (κ3) is 2.83. The van der Waals surface area contributed by atoms with Crippen LogP contribution in [0.4, 0.5) is 0 Å². The molecule has 2 rings (SSSR count). The molecule has 2 unspecified atom stereocenters. The lowest BCUT2D eigenvalue weighted by molar-refractivity contribution is 0.0941. The van der Waals surface area contributed by atoms with Crippen LogP contribution in [0.1, 0.15) is 56.3 Å². The fraction of sp³-hybridized carbons (Fsp3) is 0.625. The molecule has 106 valence electrons. The van der Waals surface area contributed by atoms with Gasteiger partial charge in [-0.1, -0.05) is 38.1 Å². The Morgan fingerprint density at radius 2 is 1.89 bits per heavy atom. The van der Waals surface area contributed by atoms with E-state index in [0.29, 0.717) is 12.1 Å². The summed E-state index contributed by atoms with van der Waals surface area (Å²) in [4.78, 5) is 2.45. The fourth-order valence-electron chi connectivity index (χ4n) is 3.43. The van der Waals surface area contributed by atoms with Crippen LogP contribution in [0.3, 0.4) is 0 Å². The van der Waals surface area contributed by atoms with Crippen LogP contribution in [0.5, 0.6) is 0 Å². The number of nitrogens with zero attached hydrogens (tertiary/aromatic N) is 1. The summed E-state index contributed by atoms with van der Waals surface area (Å²) in [6.07, 6.45) is 3.20. The highest BCUT2D eigenvalue weighted by atomic mass is 16.3. The summed E-state index contributed by atoms with van der Waals surface area (Å²) in [6, 6.07) is 9.52. The number of aliphatic hydroxyl groups is 1. The summed E-state index contributed by atoms with van der Waals surface area (Å²) >= 11 is 0. The van der Waals surface area contributed by atoms with Crippen molar-refractivity contribution in [1.29, 1.82) is 0 Å². The smallest absolute Gasteiger partial charge is 0.0558 e. The van der Waals surface area contributed by atoms with Crippen molar-refractivity contribution in [3.8, 4) is 0 Å². The summed E-state index contributed by atoms with van der Waals surface area (Å²) in [5, 5.41) is 9.38. The number of aliphatic hydroxyl groups excluding tert-OH is 1. The molecule has 1 aromatic rings. The number of nitrogens with two attached hydrogens (primary N) is 1. The monoisotopic (exact) mass is 262 g/mol. The zero-order valence-electron chi connectivity index (χ0n) is 12.0. The lowest BCUT2D eigenvalue weighted by atomic mass is 10.0. The van der Waals surface area contributed by atoms with Crippen LogP contribution in [0.15, 0.2) is 24.3 Å². The Kier molecular flexibility index (Phi) is 4.97. The molecule has 0 aromatic heterocycles. The van der Waals surface area contributed by atoms with Gasteiger partial charge in [-0.2, -0.15) is 0 Å². The molecular formula is C16H26N2O. The van der Waals surface area contributed by atoms with Gasteiger partial charge < -0.3 is 10.8 Å². The van der Waals surface area contributed by atoms with E-state index in [1.807, 2.05) is 0 Å². The topological polar surface area (TPSA) is 49.5 Å². The SMILES string of the molecule is CCC(CC)N(CCO)C1CC(N)c2ccccc21. The van der Waals surface area contributed by atoms with Gasteiger partial charge in [-0.3, -0.25) is 4.90 Å². The third-order valence-corrected chi connectivity index (χ3v) is 4.40. The Balaban J connectivity index is 2.28. The standard InChI is InChI=1S/C16H26N2O/c1-3-12(4-2)18(9-10-19)16-11-15(17)13-7-5-6-8-14(13)16/h5-8,12,15-16,19H,3-4,9-11,17H2,1-2H3. The molecule has 0 spiro atoms. The fourth-order valence-corrected chi connectivity index (χ4v) is 3.43. The first-order chi connectivity index (χ1) is 9.22. The maximum atomic E-state index is 9.38. The minimum Gasteiger partial charge on any atom is -0.395 e. The maximum Gasteiger partial charge on any atom is 0.0558 e. The minimum atomic E-state index is 0.136. The van der Waals surface area contributed by atoms with E-state index in [1.54, 1.807) is 0 Å². The van der Waals surface area contributed by atoms with E-state index in [0.717, 1.165) is 25.8 Å². The van der Waals surface area contributed by atoms with E-state index < -0.39 is 0 Å². The zero-order valence-corrected chi connectivity index (χ0v) is 12.0. The van der Waals surface area contributed by atoms with E-state index in [4.69, 9.17) is 5.73 Å². The molecule has 0 amide bonds. The highest BCUT2D eigenvalue weighted by Crippen LogP contribution is 2.42. The molecule has 3 nitrogen and oxygen atoms in total. The van der Waals surface area contributed by atoms with Gasteiger partial charge in [-0.25, -0.2) is 0 Å². The van der Waals surface area contributed by atoms with Crippen molar-refractivity contribution < 1.29 is 5.11 Å². The zero-order chi connectivity index (χ0) is 13.8. The summed E-state index contributed by atoms with van der Waals surface area (Å²) in [7, 11) is 0. The Morgan fingerprint density at radius 1 is 1.26 bits per heavy atom. The molecule has 3 heteroatoms. The van der Waals surface area contributed by atoms with Crippen LogP contribution in [-0.4, -0.2) is 29.2 Å². The van der Waals surface area contributed by atoms with E-state index in [9.17, 15) is 5.11 Å². The predicted molar refractivity (Wildman–Crippen MR) is 78.9 cm³/mol. The quantitative estimate of drug-likeness (QED) is 0.828. The molecule has 0 heterocycles. The largest absolute Gasteiger partial charge is 0.395 e. The Hall–Kier alpha value is -0.900. The molecule has 1 aromatic carbocycles. The van der Waals surface area contributed by atoms with Crippen LogP contribution in [0.25, 0.3) is 0 Å². The van der Waals surface area contributed by atoms with E-state index in [1.165, 1.54) is 11.1 Å². The van der Waals surface area contributed by atoms with Gasteiger partial charge in [0, 0.05) is 24.7 Å². The normalized spacial score (nSPS) is 22.2. The lowest BCUT2D eigenvalue weighted by Crippen LogP contribution is -2.39. The molecule has 1 aliphatic carbocycles. The van der Waals surface area contributed by atoms with E-state index in [2.05, 4.69) is 43.0 Å². The van der Waals surface area contributed by atoms with Gasteiger partial charge in [0.05, 0.1) is 6.61 Å².